The lowest BCUT2D eigenvalue weighted by molar-refractivity contribution is -0.160. The van der Waals surface area contributed by atoms with E-state index in [-0.39, 0.29) is 6.42 Å². The first-order valence-corrected chi connectivity index (χ1v) is 6.21. The minimum Gasteiger partial charge on any atom is -0.468 e. The van der Waals surface area contributed by atoms with Crippen molar-refractivity contribution in [2.45, 2.75) is 19.3 Å². The highest BCUT2D eigenvalue weighted by Gasteiger charge is 2.37. The van der Waals surface area contributed by atoms with Crippen molar-refractivity contribution in [1.82, 2.24) is 0 Å². The fourth-order valence-electron chi connectivity index (χ4n) is 2.06. The average molecular weight is 278 g/mol. The zero-order valence-corrected chi connectivity index (χ0v) is 11.8. The second-order valence-electron chi connectivity index (χ2n) is 4.44. The number of methoxy groups -OCH3 is 2. The largest absolute Gasteiger partial charge is 0.468 e. The first kappa shape index (κ1) is 15.9. The van der Waals surface area contributed by atoms with E-state index in [4.69, 9.17) is 0 Å². The van der Waals surface area contributed by atoms with Gasteiger partial charge in [-0.15, -0.1) is 0 Å². The molecule has 0 saturated heterocycles. The standard InChI is InChI=1S/C15H18O5/c1-10-4-6-11(7-5-10)12(8-9-16)13(14(17)19-2)15(18)20-3/h4-7,9,12-13H,8H2,1-3H3/t12-/m1/s1. The number of rotatable bonds is 6. The topological polar surface area (TPSA) is 69.7 Å². The van der Waals surface area contributed by atoms with Crippen LogP contribution in [0.25, 0.3) is 0 Å². The fourth-order valence-corrected chi connectivity index (χ4v) is 2.06. The Morgan fingerprint density at radius 2 is 1.60 bits per heavy atom. The molecule has 0 heterocycles. The number of benzene rings is 1. The van der Waals surface area contributed by atoms with Crippen LogP contribution in [0.3, 0.4) is 0 Å². The van der Waals surface area contributed by atoms with Gasteiger partial charge >= 0.3 is 11.9 Å². The molecule has 0 amide bonds. The van der Waals surface area contributed by atoms with Crippen LogP contribution in [-0.2, 0) is 23.9 Å². The van der Waals surface area contributed by atoms with Crippen LogP contribution in [0.2, 0.25) is 0 Å². The molecule has 5 nitrogen and oxygen atoms in total. The maximum atomic E-state index is 11.8. The molecule has 0 fully saturated rings. The Morgan fingerprint density at radius 3 is 2.00 bits per heavy atom. The van der Waals surface area contributed by atoms with Crippen LogP contribution in [-0.4, -0.2) is 32.4 Å². The number of carbonyl (C=O) groups is 3. The van der Waals surface area contributed by atoms with Crippen molar-refractivity contribution < 1.29 is 23.9 Å². The average Bonchev–Trinajstić information content (AvgIpc) is 2.47. The molecule has 0 radical (unpaired) electrons. The molecule has 0 unspecified atom stereocenters. The number of hydrogen-bond acceptors (Lipinski definition) is 5. The zero-order chi connectivity index (χ0) is 15.1. The van der Waals surface area contributed by atoms with Gasteiger partial charge in [0.15, 0.2) is 5.92 Å². The van der Waals surface area contributed by atoms with E-state index in [0.717, 1.165) is 11.1 Å². The molecule has 1 aromatic carbocycles. The molecule has 0 N–H and O–H groups in total. The van der Waals surface area contributed by atoms with Gasteiger partial charge < -0.3 is 14.3 Å². The summed E-state index contributed by atoms with van der Waals surface area (Å²) in [6.07, 6.45) is 0.724. The zero-order valence-electron chi connectivity index (χ0n) is 11.8. The summed E-state index contributed by atoms with van der Waals surface area (Å²) in [5.74, 6) is -3.14. The molecule has 0 aliphatic heterocycles. The van der Waals surface area contributed by atoms with E-state index in [1.807, 2.05) is 19.1 Å². The Bertz CT molecular complexity index is 462. The van der Waals surface area contributed by atoms with Gasteiger partial charge in [-0.3, -0.25) is 9.59 Å². The molecule has 0 aromatic heterocycles. The van der Waals surface area contributed by atoms with Crippen LogP contribution in [0.4, 0.5) is 0 Å². The second-order valence-corrected chi connectivity index (χ2v) is 4.44. The lowest BCUT2D eigenvalue weighted by Crippen LogP contribution is -2.32. The van der Waals surface area contributed by atoms with Crippen molar-refractivity contribution in [1.29, 1.82) is 0 Å². The van der Waals surface area contributed by atoms with Crippen molar-refractivity contribution in [3.8, 4) is 0 Å². The summed E-state index contributed by atoms with van der Waals surface area (Å²) in [4.78, 5) is 34.5. The molecule has 0 aliphatic carbocycles. The third-order valence-corrected chi connectivity index (χ3v) is 3.17. The highest BCUT2D eigenvalue weighted by atomic mass is 16.5. The summed E-state index contributed by atoms with van der Waals surface area (Å²) in [7, 11) is 2.40. The molecule has 20 heavy (non-hydrogen) atoms. The summed E-state index contributed by atoms with van der Waals surface area (Å²) in [5.41, 5.74) is 1.77. The second kappa shape index (κ2) is 7.43. The van der Waals surface area contributed by atoms with Crippen LogP contribution >= 0.6 is 0 Å². The van der Waals surface area contributed by atoms with Gasteiger partial charge in [-0.25, -0.2) is 0 Å². The van der Waals surface area contributed by atoms with Crippen LogP contribution in [0.15, 0.2) is 24.3 Å². The molecule has 0 saturated carbocycles. The predicted molar refractivity (Wildman–Crippen MR) is 72.1 cm³/mol. The fraction of sp³-hybridized carbons (Fsp3) is 0.400. The van der Waals surface area contributed by atoms with Gasteiger partial charge in [0.2, 0.25) is 0 Å². The third-order valence-electron chi connectivity index (χ3n) is 3.17. The highest BCUT2D eigenvalue weighted by Crippen LogP contribution is 2.29. The molecule has 108 valence electrons. The van der Waals surface area contributed by atoms with E-state index in [1.165, 1.54) is 14.2 Å². The quantitative estimate of drug-likeness (QED) is 0.449. The SMILES string of the molecule is COC(=O)C(C(=O)OC)[C@H](CC=O)c1ccc(C)cc1. The maximum absolute atomic E-state index is 11.8. The van der Waals surface area contributed by atoms with Crippen molar-refractivity contribution in [3.05, 3.63) is 35.4 Å². The Hall–Kier alpha value is -2.17. The number of carbonyl (C=O) groups excluding carboxylic acids is 3. The van der Waals surface area contributed by atoms with E-state index in [0.29, 0.717) is 6.29 Å². The van der Waals surface area contributed by atoms with Crippen molar-refractivity contribution in [2.24, 2.45) is 5.92 Å². The minimum atomic E-state index is -1.14. The monoisotopic (exact) mass is 278 g/mol. The third kappa shape index (κ3) is 3.66. The summed E-state index contributed by atoms with van der Waals surface area (Å²) in [5, 5.41) is 0. The number of esters is 2. The maximum Gasteiger partial charge on any atom is 0.320 e. The van der Waals surface area contributed by atoms with Gasteiger partial charge in [0.1, 0.15) is 6.29 Å². The lowest BCUT2D eigenvalue weighted by Gasteiger charge is -2.22. The number of aldehydes is 1. The summed E-state index contributed by atoms with van der Waals surface area (Å²) >= 11 is 0. The summed E-state index contributed by atoms with van der Waals surface area (Å²) in [6, 6.07) is 7.31. The van der Waals surface area contributed by atoms with Crippen LogP contribution in [0.5, 0.6) is 0 Å². The molecule has 0 aliphatic rings. The van der Waals surface area contributed by atoms with Crippen LogP contribution in [0, 0.1) is 12.8 Å². The van der Waals surface area contributed by atoms with Gasteiger partial charge in [-0.2, -0.15) is 0 Å². The smallest absolute Gasteiger partial charge is 0.320 e. The van der Waals surface area contributed by atoms with Crippen LogP contribution < -0.4 is 0 Å². The van der Waals surface area contributed by atoms with E-state index < -0.39 is 23.8 Å². The normalized spacial score (nSPS) is 11.8. The first-order valence-electron chi connectivity index (χ1n) is 6.21. The van der Waals surface area contributed by atoms with Gasteiger partial charge in [0, 0.05) is 12.3 Å². The molecule has 0 spiro atoms. The Morgan fingerprint density at radius 1 is 1.10 bits per heavy atom. The van der Waals surface area contributed by atoms with Gasteiger partial charge in [-0.1, -0.05) is 29.8 Å². The predicted octanol–water partition coefficient (Wildman–Crippen LogP) is 1.63. The van der Waals surface area contributed by atoms with Gasteiger partial charge in [-0.05, 0) is 12.5 Å². The minimum absolute atomic E-state index is 0.0396. The first-order chi connectivity index (χ1) is 9.54. The Balaban J connectivity index is 3.19. The molecule has 0 bridgehead atoms. The van der Waals surface area contributed by atoms with Crippen molar-refractivity contribution in [3.63, 3.8) is 0 Å². The molecule has 1 rings (SSSR count). The van der Waals surface area contributed by atoms with E-state index in [2.05, 4.69) is 9.47 Å². The van der Waals surface area contributed by atoms with Crippen molar-refractivity contribution in [2.75, 3.05) is 14.2 Å². The summed E-state index contributed by atoms with van der Waals surface area (Å²) < 4.78 is 9.30. The number of aryl methyl sites for hydroxylation is 1. The molecule has 5 heteroatoms. The van der Waals surface area contributed by atoms with Crippen LogP contribution in [0.1, 0.15) is 23.5 Å². The number of ether oxygens (including phenoxy) is 2. The highest BCUT2D eigenvalue weighted by molar-refractivity contribution is 5.96. The van der Waals surface area contributed by atoms with E-state index >= 15 is 0 Å². The van der Waals surface area contributed by atoms with Crippen molar-refractivity contribution >= 4 is 18.2 Å². The molecule has 1 aromatic rings. The van der Waals surface area contributed by atoms with E-state index in [9.17, 15) is 14.4 Å². The molecular weight excluding hydrogens is 260 g/mol. The molecule has 1 atom stereocenters. The van der Waals surface area contributed by atoms with E-state index in [1.54, 1.807) is 12.1 Å². The van der Waals surface area contributed by atoms with Gasteiger partial charge in [0.05, 0.1) is 14.2 Å². The Labute approximate surface area is 117 Å². The van der Waals surface area contributed by atoms with Gasteiger partial charge in [0.25, 0.3) is 0 Å². The lowest BCUT2D eigenvalue weighted by atomic mass is 9.83. The summed E-state index contributed by atoms with van der Waals surface area (Å²) in [6.45, 7) is 1.93. The molecular formula is C15H18O5. The Kier molecular flexibility index (Phi) is 5.90. The number of hydrogen-bond donors (Lipinski definition) is 0.